The van der Waals surface area contributed by atoms with E-state index in [0.29, 0.717) is 17.4 Å². The number of nitrogens with two attached hydrogens (primary N) is 1. The van der Waals surface area contributed by atoms with Gasteiger partial charge in [-0.1, -0.05) is 33.1 Å². The highest BCUT2D eigenvalue weighted by Gasteiger charge is 2.32. The van der Waals surface area contributed by atoms with Crippen LogP contribution in [0.2, 0.25) is 0 Å². The Morgan fingerprint density at radius 3 is 2.63 bits per heavy atom. The van der Waals surface area contributed by atoms with Gasteiger partial charge in [0, 0.05) is 18.5 Å². The van der Waals surface area contributed by atoms with E-state index in [2.05, 4.69) is 19.2 Å². The second-order valence-electron chi connectivity index (χ2n) is 7.21. The summed E-state index contributed by atoms with van der Waals surface area (Å²) in [4.78, 5) is 12.3. The van der Waals surface area contributed by atoms with E-state index in [1.54, 1.807) is 0 Å². The average Bonchev–Trinajstić information content (AvgIpc) is 2.82. The molecule has 2 fully saturated rings. The van der Waals surface area contributed by atoms with E-state index in [9.17, 15) is 4.79 Å². The van der Waals surface area contributed by atoms with Crippen LogP contribution in [0.15, 0.2) is 0 Å². The molecule has 3 unspecified atom stereocenters. The molecule has 19 heavy (non-hydrogen) atoms. The van der Waals surface area contributed by atoms with Gasteiger partial charge >= 0.3 is 0 Å². The third-order valence-corrected chi connectivity index (χ3v) is 5.38. The van der Waals surface area contributed by atoms with E-state index >= 15 is 0 Å². The van der Waals surface area contributed by atoms with Crippen LogP contribution in [-0.2, 0) is 4.79 Å². The zero-order valence-corrected chi connectivity index (χ0v) is 12.6. The normalized spacial score (nSPS) is 31.9. The van der Waals surface area contributed by atoms with Crippen molar-refractivity contribution in [2.75, 3.05) is 6.54 Å². The number of hydrogen-bond donors (Lipinski definition) is 2. The highest BCUT2D eigenvalue weighted by molar-refractivity contribution is 5.78. The summed E-state index contributed by atoms with van der Waals surface area (Å²) in [6, 6.07) is 0.307. The van der Waals surface area contributed by atoms with Crippen molar-refractivity contribution in [3.63, 3.8) is 0 Å². The van der Waals surface area contributed by atoms with E-state index in [0.717, 1.165) is 19.4 Å². The first-order valence-electron chi connectivity index (χ1n) is 8.03. The van der Waals surface area contributed by atoms with Crippen LogP contribution in [0, 0.1) is 17.3 Å². The zero-order chi connectivity index (χ0) is 13.9. The molecule has 2 rings (SSSR count). The van der Waals surface area contributed by atoms with Crippen LogP contribution in [0.25, 0.3) is 0 Å². The summed E-state index contributed by atoms with van der Waals surface area (Å²) < 4.78 is 0. The molecule has 0 saturated heterocycles. The van der Waals surface area contributed by atoms with Gasteiger partial charge in [-0.05, 0) is 43.4 Å². The Morgan fingerprint density at radius 1 is 1.32 bits per heavy atom. The third-order valence-electron chi connectivity index (χ3n) is 5.38. The number of rotatable bonds is 4. The molecular weight excluding hydrogens is 236 g/mol. The molecule has 0 aliphatic heterocycles. The molecule has 110 valence electrons. The van der Waals surface area contributed by atoms with Gasteiger partial charge in [0.25, 0.3) is 0 Å². The van der Waals surface area contributed by atoms with Gasteiger partial charge in [-0.2, -0.15) is 0 Å². The van der Waals surface area contributed by atoms with E-state index in [1.807, 2.05) is 0 Å². The van der Waals surface area contributed by atoms with E-state index in [4.69, 9.17) is 5.73 Å². The Hall–Kier alpha value is -0.570. The van der Waals surface area contributed by atoms with Gasteiger partial charge in [0.1, 0.15) is 0 Å². The number of nitrogens with one attached hydrogen (secondary N) is 1. The van der Waals surface area contributed by atoms with Crippen molar-refractivity contribution in [3.8, 4) is 0 Å². The lowest BCUT2D eigenvalue weighted by atomic mass is 9.78. The fraction of sp³-hybridized carbons (Fsp3) is 0.938. The number of carbonyl (C=O) groups is 1. The Kier molecular flexibility index (Phi) is 4.88. The maximum atomic E-state index is 12.3. The van der Waals surface area contributed by atoms with Crippen molar-refractivity contribution in [2.45, 2.75) is 71.3 Å². The Morgan fingerprint density at radius 2 is 2.00 bits per heavy atom. The molecule has 0 spiro atoms. The van der Waals surface area contributed by atoms with Crippen LogP contribution in [-0.4, -0.2) is 18.5 Å². The first kappa shape index (κ1) is 14.8. The van der Waals surface area contributed by atoms with E-state index in [1.165, 1.54) is 38.5 Å². The summed E-state index contributed by atoms with van der Waals surface area (Å²) in [5.74, 6) is 0.851. The molecule has 0 aromatic rings. The standard InChI is InChI=1S/C16H30N2O/c1-12(13-6-5-7-14(17)10-13)15(19)18-11-16(2)8-3-4-9-16/h12-14H,3-11,17H2,1-2H3,(H,18,19). The van der Waals surface area contributed by atoms with Crippen molar-refractivity contribution in [1.82, 2.24) is 5.32 Å². The second-order valence-corrected chi connectivity index (χ2v) is 7.21. The van der Waals surface area contributed by atoms with Gasteiger partial charge in [0.2, 0.25) is 5.91 Å². The minimum absolute atomic E-state index is 0.122. The summed E-state index contributed by atoms with van der Waals surface area (Å²) in [5.41, 5.74) is 6.37. The molecule has 3 atom stereocenters. The molecular formula is C16H30N2O. The third kappa shape index (κ3) is 3.95. The molecule has 0 bridgehead atoms. The van der Waals surface area contributed by atoms with Gasteiger partial charge in [-0.3, -0.25) is 4.79 Å². The topological polar surface area (TPSA) is 55.1 Å². The Balaban J connectivity index is 1.78. The molecule has 0 aromatic carbocycles. The summed E-state index contributed by atoms with van der Waals surface area (Å²) in [5, 5.41) is 3.20. The van der Waals surface area contributed by atoms with Crippen LogP contribution in [0.4, 0.5) is 0 Å². The van der Waals surface area contributed by atoms with Crippen molar-refractivity contribution in [2.24, 2.45) is 23.0 Å². The predicted molar refractivity (Wildman–Crippen MR) is 78.7 cm³/mol. The lowest BCUT2D eigenvalue weighted by Gasteiger charge is -2.31. The van der Waals surface area contributed by atoms with Gasteiger partial charge < -0.3 is 11.1 Å². The van der Waals surface area contributed by atoms with Gasteiger partial charge in [-0.15, -0.1) is 0 Å². The smallest absolute Gasteiger partial charge is 0.223 e. The van der Waals surface area contributed by atoms with Gasteiger partial charge in [-0.25, -0.2) is 0 Å². The Bertz CT molecular complexity index is 310. The van der Waals surface area contributed by atoms with Crippen molar-refractivity contribution >= 4 is 5.91 Å². The summed E-state index contributed by atoms with van der Waals surface area (Å²) >= 11 is 0. The highest BCUT2D eigenvalue weighted by Crippen LogP contribution is 2.37. The quantitative estimate of drug-likeness (QED) is 0.822. The summed E-state index contributed by atoms with van der Waals surface area (Å²) in [7, 11) is 0. The first-order valence-corrected chi connectivity index (χ1v) is 8.03. The summed E-state index contributed by atoms with van der Waals surface area (Å²) in [6.07, 6.45) is 9.65. The van der Waals surface area contributed by atoms with E-state index in [-0.39, 0.29) is 11.8 Å². The van der Waals surface area contributed by atoms with Gasteiger partial charge in [0.05, 0.1) is 0 Å². The molecule has 3 N–H and O–H groups in total. The van der Waals surface area contributed by atoms with E-state index < -0.39 is 0 Å². The van der Waals surface area contributed by atoms with Crippen molar-refractivity contribution < 1.29 is 4.79 Å². The molecule has 1 amide bonds. The fourth-order valence-corrected chi connectivity index (χ4v) is 3.80. The maximum Gasteiger partial charge on any atom is 0.223 e. The first-order chi connectivity index (χ1) is 9.00. The average molecular weight is 266 g/mol. The molecule has 2 saturated carbocycles. The Labute approximate surface area is 117 Å². The minimum atomic E-state index is 0.122. The molecule has 0 radical (unpaired) electrons. The van der Waals surface area contributed by atoms with Crippen LogP contribution in [0.1, 0.15) is 65.2 Å². The molecule has 3 nitrogen and oxygen atoms in total. The monoisotopic (exact) mass is 266 g/mol. The number of hydrogen-bond acceptors (Lipinski definition) is 2. The minimum Gasteiger partial charge on any atom is -0.355 e. The highest BCUT2D eigenvalue weighted by atomic mass is 16.1. The number of amides is 1. The second kappa shape index (κ2) is 6.25. The molecule has 2 aliphatic rings. The molecule has 0 aromatic heterocycles. The van der Waals surface area contributed by atoms with Crippen LogP contribution in [0.5, 0.6) is 0 Å². The molecule has 0 heterocycles. The van der Waals surface area contributed by atoms with Crippen LogP contribution < -0.4 is 11.1 Å². The lowest BCUT2D eigenvalue weighted by Crippen LogP contribution is -2.41. The fourth-order valence-electron chi connectivity index (χ4n) is 3.80. The van der Waals surface area contributed by atoms with Gasteiger partial charge in [0.15, 0.2) is 0 Å². The summed E-state index contributed by atoms with van der Waals surface area (Å²) in [6.45, 7) is 5.24. The SMILES string of the molecule is CC(C(=O)NCC1(C)CCCC1)C1CCCC(N)C1. The van der Waals surface area contributed by atoms with Crippen molar-refractivity contribution in [1.29, 1.82) is 0 Å². The predicted octanol–water partition coefficient (Wildman–Crippen LogP) is 2.84. The number of carbonyl (C=O) groups excluding carboxylic acids is 1. The van der Waals surface area contributed by atoms with Crippen molar-refractivity contribution in [3.05, 3.63) is 0 Å². The molecule has 3 heteroatoms. The maximum absolute atomic E-state index is 12.3. The van der Waals surface area contributed by atoms with Crippen LogP contribution in [0.3, 0.4) is 0 Å². The molecule has 2 aliphatic carbocycles. The largest absolute Gasteiger partial charge is 0.355 e. The lowest BCUT2D eigenvalue weighted by molar-refractivity contribution is -0.127. The van der Waals surface area contributed by atoms with Crippen LogP contribution >= 0.6 is 0 Å². The zero-order valence-electron chi connectivity index (χ0n) is 12.6.